The Balaban J connectivity index is 1.63. The van der Waals surface area contributed by atoms with Gasteiger partial charge in [-0.25, -0.2) is 0 Å². The van der Waals surface area contributed by atoms with Crippen LogP contribution in [0, 0.1) is 5.92 Å². The van der Waals surface area contributed by atoms with Crippen LogP contribution in [0.1, 0.15) is 51.4 Å². The van der Waals surface area contributed by atoms with Gasteiger partial charge in [-0.3, -0.25) is 0 Å². The van der Waals surface area contributed by atoms with Crippen LogP contribution in [-0.4, -0.2) is 18.1 Å². The summed E-state index contributed by atoms with van der Waals surface area (Å²) in [7, 11) is 0. The second-order valence-electron chi connectivity index (χ2n) is 4.77. The second-order valence-corrected chi connectivity index (χ2v) is 5.33. The fourth-order valence-corrected chi connectivity index (χ4v) is 3.15. The molecule has 0 bridgehead atoms. The maximum absolute atomic E-state index is 6.41. The molecule has 2 atom stereocenters. The molecule has 2 heteroatoms. The SMILES string of the molecule is ClC(CCC1CCCO1)C1CCCC1. The van der Waals surface area contributed by atoms with Gasteiger partial charge < -0.3 is 4.74 Å². The van der Waals surface area contributed by atoms with E-state index in [1.54, 1.807) is 0 Å². The lowest BCUT2D eigenvalue weighted by atomic mass is 9.98. The third-order valence-corrected chi connectivity index (χ3v) is 4.27. The summed E-state index contributed by atoms with van der Waals surface area (Å²) in [4.78, 5) is 0. The number of ether oxygens (including phenoxy) is 1. The third kappa shape index (κ3) is 2.87. The van der Waals surface area contributed by atoms with Crippen LogP contribution in [0.5, 0.6) is 0 Å². The summed E-state index contributed by atoms with van der Waals surface area (Å²) in [6, 6.07) is 0. The van der Waals surface area contributed by atoms with Gasteiger partial charge >= 0.3 is 0 Å². The minimum absolute atomic E-state index is 0.418. The summed E-state index contributed by atoms with van der Waals surface area (Å²) >= 11 is 6.41. The molecule has 1 aliphatic carbocycles. The number of rotatable bonds is 4. The third-order valence-electron chi connectivity index (χ3n) is 3.70. The van der Waals surface area contributed by atoms with Crippen LogP contribution in [0.2, 0.25) is 0 Å². The van der Waals surface area contributed by atoms with Gasteiger partial charge in [-0.15, -0.1) is 11.6 Å². The maximum atomic E-state index is 6.41. The van der Waals surface area contributed by atoms with Gasteiger partial charge in [0.15, 0.2) is 0 Å². The van der Waals surface area contributed by atoms with E-state index in [-0.39, 0.29) is 0 Å². The fraction of sp³-hybridized carbons (Fsp3) is 1.00. The van der Waals surface area contributed by atoms with E-state index in [4.69, 9.17) is 16.3 Å². The maximum Gasteiger partial charge on any atom is 0.0576 e. The van der Waals surface area contributed by atoms with Crippen molar-refractivity contribution in [1.82, 2.24) is 0 Å². The Labute approximate surface area is 92.2 Å². The van der Waals surface area contributed by atoms with Crippen LogP contribution in [0.3, 0.4) is 0 Å². The Kier molecular flexibility index (Phi) is 4.12. The molecule has 0 spiro atoms. The molecule has 0 N–H and O–H groups in total. The molecular formula is C12H21ClO. The molecule has 0 radical (unpaired) electrons. The summed E-state index contributed by atoms with van der Waals surface area (Å²) in [6.07, 6.45) is 10.9. The molecule has 1 heterocycles. The van der Waals surface area contributed by atoms with Crippen LogP contribution < -0.4 is 0 Å². The van der Waals surface area contributed by atoms with Crippen molar-refractivity contribution >= 4 is 11.6 Å². The highest BCUT2D eigenvalue weighted by Gasteiger charge is 2.24. The molecule has 1 aliphatic heterocycles. The summed E-state index contributed by atoms with van der Waals surface area (Å²) in [6.45, 7) is 0.973. The first kappa shape index (κ1) is 10.8. The van der Waals surface area contributed by atoms with E-state index < -0.39 is 0 Å². The van der Waals surface area contributed by atoms with Crippen molar-refractivity contribution in [2.24, 2.45) is 5.92 Å². The van der Waals surface area contributed by atoms with Crippen molar-refractivity contribution in [3.8, 4) is 0 Å². The van der Waals surface area contributed by atoms with E-state index in [9.17, 15) is 0 Å². The zero-order chi connectivity index (χ0) is 9.80. The monoisotopic (exact) mass is 216 g/mol. The number of alkyl halides is 1. The number of halogens is 1. The van der Waals surface area contributed by atoms with E-state index in [0.29, 0.717) is 11.5 Å². The summed E-state index contributed by atoms with van der Waals surface area (Å²) in [5, 5.41) is 0.418. The lowest BCUT2D eigenvalue weighted by Crippen LogP contribution is -2.15. The van der Waals surface area contributed by atoms with Crippen molar-refractivity contribution < 1.29 is 4.74 Å². The van der Waals surface area contributed by atoms with Crippen molar-refractivity contribution in [3.05, 3.63) is 0 Å². The van der Waals surface area contributed by atoms with Crippen LogP contribution in [0.25, 0.3) is 0 Å². The Hall–Kier alpha value is 0.250. The van der Waals surface area contributed by atoms with Crippen molar-refractivity contribution in [1.29, 1.82) is 0 Å². The van der Waals surface area contributed by atoms with Crippen LogP contribution in [-0.2, 0) is 4.74 Å². The average molecular weight is 217 g/mol. The van der Waals surface area contributed by atoms with Gasteiger partial charge in [0.1, 0.15) is 0 Å². The standard InChI is InChI=1S/C12H21ClO/c13-12(10-4-1-2-5-10)8-7-11-6-3-9-14-11/h10-12H,1-9H2. The molecule has 1 saturated carbocycles. The number of hydrogen-bond acceptors (Lipinski definition) is 1. The first-order valence-electron chi connectivity index (χ1n) is 6.12. The topological polar surface area (TPSA) is 9.23 Å². The number of hydrogen-bond donors (Lipinski definition) is 0. The van der Waals surface area contributed by atoms with Gasteiger partial charge in [-0.2, -0.15) is 0 Å². The summed E-state index contributed by atoms with van der Waals surface area (Å²) in [5.41, 5.74) is 0. The zero-order valence-electron chi connectivity index (χ0n) is 8.88. The summed E-state index contributed by atoms with van der Waals surface area (Å²) < 4.78 is 5.61. The Bertz CT molecular complexity index is 160. The van der Waals surface area contributed by atoms with E-state index in [1.807, 2.05) is 0 Å². The van der Waals surface area contributed by atoms with Crippen LogP contribution in [0.15, 0.2) is 0 Å². The molecule has 1 nitrogen and oxygen atoms in total. The van der Waals surface area contributed by atoms with E-state index >= 15 is 0 Å². The van der Waals surface area contributed by atoms with Crippen molar-refractivity contribution in [3.63, 3.8) is 0 Å². The van der Waals surface area contributed by atoms with Crippen molar-refractivity contribution in [2.45, 2.75) is 62.8 Å². The Morgan fingerprint density at radius 1 is 1.14 bits per heavy atom. The average Bonchev–Trinajstić information content (AvgIpc) is 2.87. The fourth-order valence-electron chi connectivity index (χ4n) is 2.77. The Morgan fingerprint density at radius 2 is 1.93 bits per heavy atom. The molecule has 2 rings (SSSR count). The van der Waals surface area contributed by atoms with Gasteiger partial charge in [0.25, 0.3) is 0 Å². The van der Waals surface area contributed by atoms with Crippen molar-refractivity contribution in [2.75, 3.05) is 6.61 Å². The zero-order valence-corrected chi connectivity index (χ0v) is 9.64. The summed E-state index contributed by atoms with van der Waals surface area (Å²) in [5.74, 6) is 0.804. The normalized spacial score (nSPS) is 31.1. The first-order valence-corrected chi connectivity index (χ1v) is 6.55. The lowest BCUT2D eigenvalue weighted by Gasteiger charge is -2.18. The largest absolute Gasteiger partial charge is 0.378 e. The molecule has 82 valence electrons. The highest BCUT2D eigenvalue weighted by molar-refractivity contribution is 6.20. The quantitative estimate of drug-likeness (QED) is 0.651. The van der Waals surface area contributed by atoms with Gasteiger partial charge in [-0.1, -0.05) is 12.8 Å². The van der Waals surface area contributed by atoms with Gasteiger partial charge in [0, 0.05) is 12.0 Å². The molecule has 0 aromatic heterocycles. The second kappa shape index (κ2) is 5.37. The molecule has 14 heavy (non-hydrogen) atoms. The van der Waals surface area contributed by atoms with Gasteiger partial charge in [-0.05, 0) is 44.4 Å². The molecule has 2 aliphatic rings. The molecule has 1 saturated heterocycles. The molecule has 0 amide bonds. The minimum Gasteiger partial charge on any atom is -0.378 e. The van der Waals surface area contributed by atoms with Gasteiger partial charge in [0.2, 0.25) is 0 Å². The van der Waals surface area contributed by atoms with Gasteiger partial charge in [0.05, 0.1) is 6.10 Å². The van der Waals surface area contributed by atoms with Crippen LogP contribution >= 0.6 is 11.6 Å². The van der Waals surface area contributed by atoms with E-state index in [2.05, 4.69) is 0 Å². The predicted molar refractivity (Wildman–Crippen MR) is 59.8 cm³/mol. The van der Waals surface area contributed by atoms with E-state index in [1.165, 1.54) is 44.9 Å². The highest BCUT2D eigenvalue weighted by Crippen LogP contribution is 2.33. The molecule has 0 aromatic carbocycles. The Morgan fingerprint density at radius 3 is 2.57 bits per heavy atom. The van der Waals surface area contributed by atoms with E-state index in [0.717, 1.165) is 18.9 Å². The molecular weight excluding hydrogens is 196 g/mol. The first-order chi connectivity index (χ1) is 6.86. The molecule has 2 unspecified atom stereocenters. The lowest BCUT2D eigenvalue weighted by molar-refractivity contribution is 0.101. The minimum atomic E-state index is 0.418. The molecule has 0 aromatic rings. The van der Waals surface area contributed by atoms with Crippen LogP contribution in [0.4, 0.5) is 0 Å². The highest BCUT2D eigenvalue weighted by atomic mass is 35.5. The molecule has 2 fully saturated rings. The smallest absolute Gasteiger partial charge is 0.0576 e. The predicted octanol–water partition coefficient (Wildman–Crippen LogP) is 3.74.